The predicted molar refractivity (Wildman–Crippen MR) is 186 cm³/mol. The van der Waals surface area contributed by atoms with Gasteiger partial charge in [-0.15, -0.1) is 0 Å². The third kappa shape index (κ3) is 6.69. The zero-order valence-electron chi connectivity index (χ0n) is 27.5. The van der Waals surface area contributed by atoms with E-state index in [-0.39, 0.29) is 0 Å². The van der Waals surface area contributed by atoms with E-state index in [1.54, 1.807) is 36.4 Å². The van der Waals surface area contributed by atoms with Crippen molar-refractivity contribution in [2.24, 2.45) is 0 Å². The lowest BCUT2D eigenvalue weighted by atomic mass is 9.67. The molecule has 1 aliphatic rings. The maximum absolute atomic E-state index is 13.9. The highest BCUT2D eigenvalue weighted by Gasteiger charge is 2.50. The fraction of sp³-hybridized carbons (Fsp3) is 0.0769. The molecule has 0 radical (unpaired) electrons. The first-order valence-electron chi connectivity index (χ1n) is 15.8. The topological polar surface area (TPSA) is 86.7 Å². The summed E-state index contributed by atoms with van der Waals surface area (Å²) in [7, 11) is -12.1. The highest BCUT2D eigenvalue weighted by Crippen LogP contribution is 2.58. The molecule has 0 aliphatic heterocycles. The average molecular weight is 803 g/mol. The van der Waals surface area contributed by atoms with E-state index in [1.807, 2.05) is 0 Å². The van der Waals surface area contributed by atoms with Crippen LogP contribution in [0.3, 0.4) is 0 Å². The minimum atomic E-state index is -6.05. The van der Waals surface area contributed by atoms with Gasteiger partial charge in [-0.05, 0) is 116 Å². The van der Waals surface area contributed by atoms with E-state index in [4.69, 9.17) is 0 Å². The zero-order chi connectivity index (χ0) is 39.6. The monoisotopic (exact) mass is 802 g/mol. The minimum Gasteiger partial charge on any atom is -0.376 e. The molecule has 55 heavy (non-hydrogen) atoms. The minimum absolute atomic E-state index is 0.299. The molecule has 0 unspecified atom stereocenters. The fourth-order valence-electron chi connectivity index (χ4n) is 6.63. The maximum Gasteiger partial charge on any atom is 0.534 e. The number of hydrogen-bond donors (Lipinski definition) is 0. The second-order valence-corrected chi connectivity index (χ2v) is 15.4. The Balaban J connectivity index is 1.50. The molecule has 1 aliphatic carbocycles. The van der Waals surface area contributed by atoms with Crippen molar-refractivity contribution in [3.8, 4) is 44.9 Å². The second-order valence-electron chi connectivity index (χ2n) is 12.3. The van der Waals surface area contributed by atoms with Gasteiger partial charge in [0.05, 0.1) is 5.41 Å². The number of fused-ring (bicyclic) bond motifs is 3. The summed E-state index contributed by atoms with van der Waals surface area (Å²) in [5.74, 6) is -2.36. The lowest BCUT2D eigenvalue weighted by Crippen LogP contribution is -2.30. The lowest BCUT2D eigenvalue weighted by Gasteiger charge is -2.34. The molecule has 0 aromatic heterocycles. The van der Waals surface area contributed by atoms with Crippen molar-refractivity contribution in [1.29, 1.82) is 0 Å². The van der Waals surface area contributed by atoms with E-state index >= 15 is 0 Å². The van der Waals surface area contributed by atoms with Crippen LogP contribution in [0.5, 0.6) is 11.5 Å². The Bertz CT molecular complexity index is 2460. The van der Waals surface area contributed by atoms with Crippen molar-refractivity contribution < 1.29 is 60.3 Å². The molecule has 6 aromatic rings. The maximum atomic E-state index is 13.9. The van der Waals surface area contributed by atoms with Crippen LogP contribution in [0.15, 0.2) is 133 Å². The Morgan fingerprint density at radius 2 is 0.727 bits per heavy atom. The summed E-state index contributed by atoms with van der Waals surface area (Å²) in [6.45, 7) is 0. The summed E-state index contributed by atoms with van der Waals surface area (Å²) >= 11 is 0. The standard InChI is InChI=1S/C39H22F8O6S2/c40-29-11-1-23(2-12-29)25-5-19-33-34-20-6-26(24-3-13-30(41)14-4-24)22-36(34)37(35(33)21-25,27-7-15-31(16-8-27)52-54(48,49)38(42,43)44)28-9-17-32(18-10-28)53-55(50,51)39(45,46)47/h1-22H. The molecular weight excluding hydrogens is 781 g/mol. The number of rotatable bonds is 8. The summed E-state index contributed by atoms with van der Waals surface area (Å²) in [6, 6.07) is 31.1. The summed E-state index contributed by atoms with van der Waals surface area (Å²) in [5, 5.41) is 0. The molecule has 0 heterocycles. The van der Waals surface area contributed by atoms with Gasteiger partial charge in [-0.1, -0.05) is 72.8 Å². The highest BCUT2D eigenvalue weighted by molar-refractivity contribution is 7.88. The summed E-state index contributed by atoms with van der Waals surface area (Å²) < 4.78 is 163. The van der Waals surface area contributed by atoms with E-state index < -0.39 is 59.8 Å². The van der Waals surface area contributed by atoms with E-state index in [9.17, 15) is 52.0 Å². The SMILES string of the molecule is O=S(=O)(Oc1ccc(C2(c3ccc(OS(=O)(=O)C(F)(F)F)cc3)c3cc(-c4ccc(F)cc4)ccc3-c3ccc(-c4ccc(F)cc4)cc32)cc1)C(F)(F)F. The van der Waals surface area contributed by atoms with Crippen molar-refractivity contribution >= 4 is 20.2 Å². The number of halogens is 8. The van der Waals surface area contributed by atoms with Gasteiger partial charge in [0.1, 0.15) is 23.1 Å². The lowest BCUT2D eigenvalue weighted by molar-refractivity contribution is -0.0504. The van der Waals surface area contributed by atoms with Crippen LogP contribution in [-0.2, 0) is 25.7 Å². The van der Waals surface area contributed by atoms with Gasteiger partial charge in [-0.2, -0.15) is 43.2 Å². The van der Waals surface area contributed by atoms with Crippen molar-refractivity contribution in [3.63, 3.8) is 0 Å². The smallest absolute Gasteiger partial charge is 0.376 e. The predicted octanol–water partition coefficient (Wildman–Crippen LogP) is 10.1. The summed E-state index contributed by atoms with van der Waals surface area (Å²) in [4.78, 5) is 0. The first-order chi connectivity index (χ1) is 25.8. The third-order valence-electron chi connectivity index (χ3n) is 9.05. The normalized spacial score (nSPS) is 13.9. The zero-order valence-corrected chi connectivity index (χ0v) is 29.1. The van der Waals surface area contributed by atoms with Gasteiger partial charge in [-0.3, -0.25) is 0 Å². The molecule has 0 atom stereocenters. The van der Waals surface area contributed by atoms with Crippen LogP contribution in [0, 0.1) is 11.6 Å². The van der Waals surface area contributed by atoms with Gasteiger partial charge in [0.25, 0.3) is 0 Å². The van der Waals surface area contributed by atoms with Crippen LogP contribution in [0.4, 0.5) is 35.1 Å². The molecule has 6 aromatic carbocycles. The Hall–Kier alpha value is -5.74. The largest absolute Gasteiger partial charge is 0.534 e. The van der Waals surface area contributed by atoms with Crippen LogP contribution in [-0.4, -0.2) is 27.9 Å². The van der Waals surface area contributed by atoms with Gasteiger partial charge in [-0.25, -0.2) is 8.78 Å². The number of benzene rings is 6. The third-order valence-corrected chi connectivity index (χ3v) is 11.0. The Labute approximate surface area is 308 Å². The first-order valence-corrected chi connectivity index (χ1v) is 18.7. The van der Waals surface area contributed by atoms with Crippen molar-refractivity contribution in [2.75, 3.05) is 0 Å². The van der Waals surface area contributed by atoms with Crippen LogP contribution >= 0.6 is 0 Å². The number of hydrogen-bond acceptors (Lipinski definition) is 6. The molecule has 0 amide bonds. The molecule has 6 nitrogen and oxygen atoms in total. The van der Waals surface area contributed by atoms with Crippen LogP contribution < -0.4 is 8.37 Å². The van der Waals surface area contributed by atoms with Crippen molar-refractivity contribution in [3.05, 3.63) is 167 Å². The van der Waals surface area contributed by atoms with Gasteiger partial charge in [0.2, 0.25) is 0 Å². The van der Waals surface area contributed by atoms with Crippen LogP contribution in [0.1, 0.15) is 22.3 Å². The van der Waals surface area contributed by atoms with Gasteiger partial charge < -0.3 is 8.37 Å². The molecular formula is C39H22F8O6S2. The van der Waals surface area contributed by atoms with Gasteiger partial charge in [0.15, 0.2) is 0 Å². The highest BCUT2D eigenvalue weighted by atomic mass is 32.2. The molecule has 0 spiro atoms. The molecule has 7 rings (SSSR count). The van der Waals surface area contributed by atoms with Crippen LogP contribution in [0.2, 0.25) is 0 Å². The molecule has 16 heteroatoms. The quantitative estimate of drug-likeness (QED) is 0.0864. The second kappa shape index (κ2) is 13.2. The summed E-state index contributed by atoms with van der Waals surface area (Å²) in [5.41, 5.74) is -7.72. The molecule has 0 N–H and O–H groups in total. The Morgan fingerprint density at radius 1 is 0.418 bits per heavy atom. The summed E-state index contributed by atoms with van der Waals surface area (Å²) in [6.07, 6.45) is 0. The van der Waals surface area contributed by atoms with E-state index in [2.05, 4.69) is 8.37 Å². The number of alkyl halides is 6. The molecule has 0 saturated carbocycles. The Morgan fingerprint density at radius 3 is 1.04 bits per heavy atom. The van der Waals surface area contributed by atoms with E-state index in [0.29, 0.717) is 55.6 Å². The van der Waals surface area contributed by atoms with Crippen molar-refractivity contribution in [2.45, 2.75) is 16.4 Å². The van der Waals surface area contributed by atoms with E-state index in [1.165, 1.54) is 72.8 Å². The van der Waals surface area contributed by atoms with Gasteiger partial charge in [0, 0.05) is 0 Å². The Kier molecular flexibility index (Phi) is 9.04. The molecule has 282 valence electrons. The fourth-order valence-corrected chi connectivity index (χ4v) is 7.54. The van der Waals surface area contributed by atoms with Gasteiger partial charge >= 0.3 is 31.3 Å². The molecule has 0 bridgehead atoms. The molecule has 0 fully saturated rings. The van der Waals surface area contributed by atoms with E-state index in [0.717, 1.165) is 24.3 Å². The molecule has 0 saturated heterocycles. The average Bonchev–Trinajstić information content (AvgIpc) is 3.41. The van der Waals surface area contributed by atoms with Crippen molar-refractivity contribution in [1.82, 2.24) is 0 Å². The van der Waals surface area contributed by atoms with Crippen LogP contribution in [0.25, 0.3) is 33.4 Å². The first kappa shape index (κ1) is 37.6.